The van der Waals surface area contributed by atoms with Crippen molar-refractivity contribution in [1.29, 1.82) is 0 Å². The van der Waals surface area contributed by atoms with Crippen molar-refractivity contribution in [1.82, 2.24) is 15.1 Å². The van der Waals surface area contributed by atoms with Gasteiger partial charge in [0.2, 0.25) is 5.91 Å². The van der Waals surface area contributed by atoms with E-state index in [9.17, 15) is 9.59 Å². The minimum Gasteiger partial charge on any atom is -0.403 e. The van der Waals surface area contributed by atoms with E-state index >= 15 is 0 Å². The lowest BCUT2D eigenvalue weighted by molar-refractivity contribution is -0.131. The lowest BCUT2D eigenvalue weighted by Gasteiger charge is -2.32. The zero-order valence-corrected chi connectivity index (χ0v) is 15.8. The highest BCUT2D eigenvalue weighted by molar-refractivity contribution is 5.96. The number of piperazine rings is 1. The first kappa shape index (κ1) is 21.5. The van der Waals surface area contributed by atoms with Gasteiger partial charge in [0.05, 0.1) is 12.2 Å². The molecule has 1 aromatic carbocycles. The van der Waals surface area contributed by atoms with Crippen molar-refractivity contribution in [3.05, 3.63) is 42.2 Å². The van der Waals surface area contributed by atoms with E-state index in [-0.39, 0.29) is 18.4 Å². The Labute approximate surface area is 155 Å². The Bertz CT molecular complexity index is 594. The molecule has 0 spiro atoms. The van der Waals surface area contributed by atoms with E-state index in [4.69, 9.17) is 11.6 Å². The zero-order chi connectivity index (χ0) is 19.5. The van der Waals surface area contributed by atoms with Gasteiger partial charge in [0.1, 0.15) is 0 Å². The summed E-state index contributed by atoms with van der Waals surface area (Å²) in [6.45, 7) is 7.10. The molecule has 1 aliphatic heterocycles. The summed E-state index contributed by atoms with van der Waals surface area (Å²) >= 11 is 0. The van der Waals surface area contributed by atoms with E-state index in [1.165, 1.54) is 17.4 Å². The minimum atomic E-state index is -0.290. The van der Waals surface area contributed by atoms with Crippen LogP contribution in [0, 0.1) is 0 Å². The largest absolute Gasteiger partial charge is 0.403 e. The molecule has 8 heteroatoms. The van der Waals surface area contributed by atoms with Gasteiger partial charge in [0, 0.05) is 44.1 Å². The summed E-state index contributed by atoms with van der Waals surface area (Å²) in [4.78, 5) is 28.2. The number of anilines is 1. The van der Waals surface area contributed by atoms with E-state index in [0.29, 0.717) is 24.3 Å². The number of nitrogens with two attached hydrogens (primary N) is 2. The molecular weight excluding hydrogens is 332 g/mol. The Balaban J connectivity index is 0.00000163. The van der Waals surface area contributed by atoms with Crippen LogP contribution in [0.2, 0.25) is 0 Å². The number of amides is 2. The van der Waals surface area contributed by atoms with Gasteiger partial charge in [-0.2, -0.15) is 0 Å². The highest BCUT2D eigenvalue weighted by Gasteiger charge is 2.19. The van der Waals surface area contributed by atoms with Crippen LogP contribution in [0.1, 0.15) is 24.2 Å². The summed E-state index contributed by atoms with van der Waals surface area (Å²) in [6.07, 6.45) is 2.83. The van der Waals surface area contributed by atoms with Crippen LogP contribution in [-0.2, 0) is 4.79 Å². The van der Waals surface area contributed by atoms with E-state index < -0.39 is 0 Å². The lowest BCUT2D eigenvalue weighted by Crippen LogP contribution is -2.50. The maximum atomic E-state index is 12.1. The molecule has 0 bridgehead atoms. The van der Waals surface area contributed by atoms with Gasteiger partial charge in [0.25, 0.3) is 5.91 Å². The summed E-state index contributed by atoms with van der Waals surface area (Å²) in [7, 11) is 2.03. The van der Waals surface area contributed by atoms with Crippen LogP contribution >= 0.6 is 0 Å². The van der Waals surface area contributed by atoms with Gasteiger partial charge in [-0.3, -0.25) is 14.6 Å². The number of hydrogen-bond donors (Lipinski definition) is 3. The maximum absolute atomic E-state index is 12.1. The Morgan fingerprint density at radius 3 is 2.27 bits per heavy atom. The number of carbonyl (C=O) groups is 2. The van der Waals surface area contributed by atoms with Gasteiger partial charge in [-0.25, -0.2) is 5.84 Å². The summed E-state index contributed by atoms with van der Waals surface area (Å²) in [6, 6.07) is 6.71. The first-order chi connectivity index (χ1) is 12.5. The van der Waals surface area contributed by atoms with Gasteiger partial charge in [-0.15, -0.1) is 0 Å². The normalized spacial score (nSPS) is 14.5. The second-order valence-electron chi connectivity index (χ2n) is 5.66. The molecule has 1 saturated heterocycles. The van der Waals surface area contributed by atoms with E-state index in [1.54, 1.807) is 29.2 Å². The van der Waals surface area contributed by atoms with Crippen LogP contribution in [-0.4, -0.2) is 61.4 Å². The van der Waals surface area contributed by atoms with Crippen molar-refractivity contribution in [2.75, 3.05) is 44.8 Å². The standard InChI is InChI=1S/C16H24N6O2.C2H6/c1-20-8-10-21(11-9-20)15(23)12-19-16(24)13-2-4-14(5-3-13)22(18)7-6-17;1-2/h2-7H,8-12,17-18H2,1H3,(H,19,24);1-2H3/b7-6-;. The van der Waals surface area contributed by atoms with E-state index in [1.807, 2.05) is 20.9 Å². The van der Waals surface area contributed by atoms with Crippen molar-refractivity contribution in [2.45, 2.75) is 13.8 Å². The third-order valence-electron chi connectivity index (χ3n) is 3.93. The molecule has 1 aliphatic rings. The molecule has 5 N–H and O–H groups in total. The van der Waals surface area contributed by atoms with Gasteiger partial charge < -0.3 is 20.9 Å². The molecule has 1 fully saturated rings. The first-order valence-electron chi connectivity index (χ1n) is 8.78. The number of benzene rings is 1. The predicted octanol–water partition coefficient (Wildman–Crippen LogP) is 0.327. The molecule has 144 valence electrons. The SMILES string of the molecule is CC.CN1CCN(C(=O)CNC(=O)c2ccc(N(N)/C=C\N)cc2)CC1. The van der Waals surface area contributed by atoms with Crippen molar-refractivity contribution < 1.29 is 9.59 Å². The topological polar surface area (TPSA) is 108 Å². The monoisotopic (exact) mass is 362 g/mol. The first-order valence-corrected chi connectivity index (χ1v) is 8.78. The van der Waals surface area contributed by atoms with Crippen LogP contribution in [0.4, 0.5) is 5.69 Å². The summed E-state index contributed by atoms with van der Waals surface area (Å²) < 4.78 is 0. The van der Waals surface area contributed by atoms with Crippen LogP contribution in [0.25, 0.3) is 0 Å². The number of nitrogens with zero attached hydrogens (tertiary/aromatic N) is 3. The maximum Gasteiger partial charge on any atom is 0.251 e. The fourth-order valence-electron chi connectivity index (χ4n) is 2.39. The summed E-state index contributed by atoms with van der Waals surface area (Å²) in [5.41, 5.74) is 6.44. The molecule has 0 radical (unpaired) electrons. The van der Waals surface area contributed by atoms with Crippen molar-refractivity contribution in [2.24, 2.45) is 11.6 Å². The third kappa shape index (κ3) is 6.38. The number of nitrogens with one attached hydrogen (secondary N) is 1. The highest BCUT2D eigenvalue weighted by atomic mass is 16.2. The van der Waals surface area contributed by atoms with Gasteiger partial charge in [-0.05, 0) is 31.3 Å². The molecule has 0 atom stereocenters. The fourth-order valence-corrected chi connectivity index (χ4v) is 2.39. The number of hydrazine groups is 1. The lowest BCUT2D eigenvalue weighted by atomic mass is 10.2. The molecule has 0 aromatic heterocycles. The molecule has 2 rings (SSSR count). The van der Waals surface area contributed by atoms with Crippen LogP contribution in [0.5, 0.6) is 0 Å². The predicted molar refractivity (Wildman–Crippen MR) is 104 cm³/mol. The fraction of sp³-hybridized carbons (Fsp3) is 0.444. The molecule has 2 amide bonds. The number of carbonyl (C=O) groups excluding carboxylic acids is 2. The summed E-state index contributed by atoms with van der Waals surface area (Å²) in [5.74, 6) is 5.38. The highest BCUT2D eigenvalue weighted by Crippen LogP contribution is 2.12. The summed E-state index contributed by atoms with van der Waals surface area (Å²) in [5, 5.41) is 4.00. The minimum absolute atomic E-state index is 0.00320. The van der Waals surface area contributed by atoms with E-state index in [2.05, 4.69) is 10.2 Å². The molecule has 26 heavy (non-hydrogen) atoms. The van der Waals surface area contributed by atoms with Gasteiger partial charge in [-0.1, -0.05) is 13.8 Å². The Hall–Kier alpha value is -2.58. The van der Waals surface area contributed by atoms with Crippen molar-refractivity contribution >= 4 is 17.5 Å². The Kier molecular flexibility index (Phi) is 9.18. The second kappa shape index (κ2) is 11.1. The molecule has 0 saturated carbocycles. The third-order valence-corrected chi connectivity index (χ3v) is 3.93. The molecule has 0 unspecified atom stereocenters. The van der Waals surface area contributed by atoms with Crippen molar-refractivity contribution in [3.8, 4) is 0 Å². The van der Waals surface area contributed by atoms with Crippen LogP contribution in [0.15, 0.2) is 36.7 Å². The quantitative estimate of drug-likeness (QED) is 0.514. The van der Waals surface area contributed by atoms with Crippen LogP contribution < -0.4 is 21.9 Å². The number of rotatable bonds is 5. The Morgan fingerprint density at radius 1 is 1.15 bits per heavy atom. The number of likely N-dealkylation sites (N-methyl/N-ethyl adjacent to an activating group) is 1. The zero-order valence-electron chi connectivity index (χ0n) is 15.8. The van der Waals surface area contributed by atoms with E-state index in [0.717, 1.165) is 13.1 Å². The number of hydrogen-bond acceptors (Lipinski definition) is 6. The average molecular weight is 362 g/mol. The molecule has 1 heterocycles. The van der Waals surface area contributed by atoms with Crippen molar-refractivity contribution in [3.63, 3.8) is 0 Å². The smallest absolute Gasteiger partial charge is 0.251 e. The second-order valence-corrected chi connectivity index (χ2v) is 5.66. The molecule has 1 aromatic rings. The van der Waals surface area contributed by atoms with Gasteiger partial charge in [0.15, 0.2) is 0 Å². The molecule has 0 aliphatic carbocycles. The van der Waals surface area contributed by atoms with Gasteiger partial charge >= 0.3 is 0 Å². The molecule has 8 nitrogen and oxygen atoms in total. The molecular formula is C18H30N6O2. The average Bonchev–Trinajstić information content (AvgIpc) is 2.68. The Morgan fingerprint density at radius 2 is 1.73 bits per heavy atom. The van der Waals surface area contributed by atoms with Crippen LogP contribution in [0.3, 0.4) is 0 Å².